The smallest absolute Gasteiger partial charge is 0.410 e. The molecule has 0 aromatic carbocycles. The maximum Gasteiger partial charge on any atom is 0.410 e. The van der Waals surface area contributed by atoms with Crippen LogP contribution in [0.5, 0.6) is 0 Å². The Kier molecular flexibility index (Phi) is 5.60. The number of likely N-dealkylation sites (tertiary alicyclic amines) is 1. The van der Waals surface area contributed by atoms with E-state index in [1.54, 1.807) is 11.1 Å². The maximum absolute atomic E-state index is 12.6. The van der Waals surface area contributed by atoms with E-state index in [-0.39, 0.29) is 29.2 Å². The van der Waals surface area contributed by atoms with E-state index in [2.05, 4.69) is 14.9 Å². The largest absolute Gasteiger partial charge is 0.444 e. The Morgan fingerprint density at radius 3 is 2.59 bits per heavy atom. The number of Topliss-reactive ketones (excluding diaryl/α,β-unsaturated/α-hetero) is 1. The number of amides is 1. The number of halogens is 1. The Hall–Kier alpha value is -1.89. The van der Waals surface area contributed by atoms with Gasteiger partial charge in [0.15, 0.2) is 5.78 Å². The highest BCUT2D eigenvalue weighted by atomic mass is 35.5. The molecule has 0 bridgehead atoms. The first-order valence-corrected chi connectivity index (χ1v) is 9.87. The number of carbonyl (C=O) groups is 2. The van der Waals surface area contributed by atoms with Crippen molar-refractivity contribution in [1.29, 1.82) is 0 Å². The quantitative estimate of drug-likeness (QED) is 0.717. The molecular weight excluding hydrogens is 368 g/mol. The van der Waals surface area contributed by atoms with Crippen LogP contribution in [0.2, 0.25) is 5.28 Å². The van der Waals surface area contributed by atoms with Crippen LogP contribution in [0.4, 0.5) is 10.6 Å². The summed E-state index contributed by atoms with van der Waals surface area (Å²) in [6.45, 7) is 8.79. The Morgan fingerprint density at radius 2 is 2.00 bits per heavy atom. The van der Waals surface area contributed by atoms with Gasteiger partial charge < -0.3 is 14.5 Å². The fraction of sp³-hybridized carbons (Fsp3) is 0.684. The van der Waals surface area contributed by atoms with Gasteiger partial charge in [-0.2, -0.15) is 0 Å². The van der Waals surface area contributed by atoms with Crippen LogP contribution in [-0.2, 0) is 16.0 Å². The second-order valence-corrected chi connectivity index (χ2v) is 8.50. The number of nitrogens with zero attached hydrogens (tertiary/aromatic N) is 4. The Bertz CT molecular complexity index is 726. The zero-order valence-electron chi connectivity index (χ0n) is 16.4. The zero-order chi connectivity index (χ0) is 19.8. The van der Waals surface area contributed by atoms with E-state index in [0.717, 1.165) is 24.2 Å². The average molecular weight is 395 g/mol. The lowest BCUT2D eigenvalue weighted by atomic mass is 9.91. The number of fused-ring (bicyclic) bond motifs is 1. The van der Waals surface area contributed by atoms with Gasteiger partial charge in [0.05, 0.1) is 6.04 Å². The molecule has 1 fully saturated rings. The molecule has 0 saturated carbocycles. The number of piperidine rings is 1. The summed E-state index contributed by atoms with van der Waals surface area (Å²) in [6, 6.07) is -0.0795. The average Bonchev–Trinajstić information content (AvgIpc) is 2.59. The van der Waals surface area contributed by atoms with Crippen LogP contribution in [0.3, 0.4) is 0 Å². The van der Waals surface area contributed by atoms with E-state index >= 15 is 0 Å². The third-order valence-corrected chi connectivity index (χ3v) is 5.21. The molecule has 1 aromatic rings. The van der Waals surface area contributed by atoms with Crippen molar-refractivity contribution < 1.29 is 14.3 Å². The third-order valence-electron chi connectivity index (χ3n) is 5.03. The van der Waals surface area contributed by atoms with Crippen molar-refractivity contribution in [1.82, 2.24) is 14.9 Å². The molecule has 1 aromatic heterocycles. The van der Waals surface area contributed by atoms with Gasteiger partial charge in [0.1, 0.15) is 11.4 Å². The summed E-state index contributed by atoms with van der Waals surface area (Å²) in [5, 5.41) is 0.189. The highest BCUT2D eigenvalue weighted by Gasteiger charge is 2.39. The summed E-state index contributed by atoms with van der Waals surface area (Å²) < 4.78 is 5.47. The van der Waals surface area contributed by atoms with Crippen molar-refractivity contribution >= 4 is 29.3 Å². The molecule has 7 nitrogen and oxygen atoms in total. The topological polar surface area (TPSA) is 75.6 Å². The van der Waals surface area contributed by atoms with Crippen LogP contribution in [0.15, 0.2) is 6.20 Å². The molecule has 8 heteroatoms. The van der Waals surface area contributed by atoms with E-state index in [1.165, 1.54) is 0 Å². The standard InChI is InChI=1S/C19H27ClN4O3/c1-5-14-15(25)10-12-11-21-17(20)22-16(12)24(14)13-6-8-23(9-7-13)18(26)27-19(2,3)4/h11,13-14H,5-10H2,1-4H3/t14-/m1/s1. The second-order valence-electron chi connectivity index (χ2n) is 8.16. The summed E-state index contributed by atoms with van der Waals surface area (Å²) in [5.41, 5.74) is 0.316. The fourth-order valence-electron chi connectivity index (χ4n) is 3.84. The third kappa shape index (κ3) is 4.34. The van der Waals surface area contributed by atoms with Gasteiger partial charge in [-0.1, -0.05) is 6.92 Å². The molecule has 148 valence electrons. The predicted octanol–water partition coefficient (Wildman–Crippen LogP) is 3.24. The molecule has 0 aliphatic carbocycles. The van der Waals surface area contributed by atoms with Crippen molar-refractivity contribution in [2.24, 2.45) is 0 Å². The molecule has 3 heterocycles. The van der Waals surface area contributed by atoms with Crippen LogP contribution in [0.25, 0.3) is 0 Å². The SMILES string of the molecule is CC[C@@H]1C(=O)Cc2cnc(Cl)nc2N1C1CCN(C(=O)OC(C)(C)C)CC1. The van der Waals surface area contributed by atoms with E-state index in [4.69, 9.17) is 16.3 Å². The monoisotopic (exact) mass is 394 g/mol. The number of ketones is 1. The molecule has 2 aliphatic rings. The van der Waals surface area contributed by atoms with Crippen molar-refractivity contribution in [3.8, 4) is 0 Å². The lowest BCUT2D eigenvalue weighted by Crippen LogP contribution is -2.55. The van der Waals surface area contributed by atoms with Gasteiger partial charge in [0, 0.05) is 37.3 Å². The van der Waals surface area contributed by atoms with Gasteiger partial charge in [0.25, 0.3) is 0 Å². The number of hydrogen-bond donors (Lipinski definition) is 0. The first kappa shape index (κ1) is 19.9. The number of ether oxygens (including phenoxy) is 1. The van der Waals surface area contributed by atoms with Crippen molar-refractivity contribution in [2.45, 2.75) is 71.1 Å². The normalized spacial score (nSPS) is 21.2. The minimum atomic E-state index is -0.507. The molecule has 1 amide bonds. The zero-order valence-corrected chi connectivity index (χ0v) is 17.1. The summed E-state index contributed by atoms with van der Waals surface area (Å²) >= 11 is 6.03. The first-order chi connectivity index (χ1) is 12.7. The predicted molar refractivity (Wildman–Crippen MR) is 103 cm³/mol. The number of hydrogen-bond acceptors (Lipinski definition) is 6. The van der Waals surface area contributed by atoms with Crippen molar-refractivity contribution in [2.75, 3.05) is 18.0 Å². The van der Waals surface area contributed by atoms with Crippen LogP contribution in [0, 0.1) is 0 Å². The first-order valence-electron chi connectivity index (χ1n) is 9.50. The number of carbonyl (C=O) groups excluding carboxylic acids is 2. The molecule has 3 rings (SSSR count). The van der Waals surface area contributed by atoms with E-state index in [1.807, 2.05) is 27.7 Å². The van der Waals surface area contributed by atoms with Gasteiger partial charge >= 0.3 is 6.09 Å². The Labute approximate surface area is 165 Å². The molecule has 0 spiro atoms. The second kappa shape index (κ2) is 7.62. The van der Waals surface area contributed by atoms with Gasteiger partial charge in [0.2, 0.25) is 5.28 Å². The van der Waals surface area contributed by atoms with Crippen LogP contribution in [-0.4, -0.2) is 57.5 Å². The van der Waals surface area contributed by atoms with Gasteiger partial charge in [-0.05, 0) is 51.6 Å². The molecule has 2 aliphatic heterocycles. The Balaban J connectivity index is 1.77. The van der Waals surface area contributed by atoms with E-state index < -0.39 is 5.60 Å². The molecule has 0 radical (unpaired) electrons. The molecule has 1 saturated heterocycles. The highest BCUT2D eigenvalue weighted by molar-refractivity contribution is 6.28. The molecule has 0 N–H and O–H groups in total. The minimum absolute atomic E-state index is 0.127. The number of rotatable bonds is 2. The van der Waals surface area contributed by atoms with Crippen LogP contribution in [0.1, 0.15) is 52.5 Å². The van der Waals surface area contributed by atoms with Crippen LogP contribution >= 0.6 is 11.6 Å². The van der Waals surface area contributed by atoms with Crippen molar-refractivity contribution in [3.63, 3.8) is 0 Å². The van der Waals surface area contributed by atoms with E-state index in [9.17, 15) is 9.59 Å². The highest BCUT2D eigenvalue weighted by Crippen LogP contribution is 2.34. The van der Waals surface area contributed by atoms with Gasteiger partial charge in [-0.15, -0.1) is 0 Å². The van der Waals surface area contributed by atoms with Crippen molar-refractivity contribution in [3.05, 3.63) is 17.0 Å². The fourth-order valence-corrected chi connectivity index (χ4v) is 3.97. The van der Waals surface area contributed by atoms with Crippen LogP contribution < -0.4 is 4.90 Å². The minimum Gasteiger partial charge on any atom is -0.444 e. The lowest BCUT2D eigenvalue weighted by Gasteiger charge is -2.45. The molecular formula is C19H27ClN4O3. The molecule has 0 unspecified atom stereocenters. The lowest BCUT2D eigenvalue weighted by molar-refractivity contribution is -0.120. The summed E-state index contributed by atoms with van der Waals surface area (Å²) in [7, 11) is 0. The number of anilines is 1. The summed E-state index contributed by atoms with van der Waals surface area (Å²) in [4.78, 5) is 37.3. The van der Waals surface area contributed by atoms with E-state index in [0.29, 0.717) is 25.9 Å². The maximum atomic E-state index is 12.6. The Morgan fingerprint density at radius 1 is 1.33 bits per heavy atom. The number of aromatic nitrogens is 2. The molecule has 27 heavy (non-hydrogen) atoms. The summed E-state index contributed by atoms with van der Waals surface area (Å²) in [5.74, 6) is 0.947. The van der Waals surface area contributed by atoms with Gasteiger partial charge in [-0.25, -0.2) is 14.8 Å². The molecule has 1 atom stereocenters. The summed E-state index contributed by atoms with van der Waals surface area (Å²) in [6.07, 6.45) is 3.93. The van der Waals surface area contributed by atoms with Gasteiger partial charge in [-0.3, -0.25) is 4.79 Å².